The zero-order valence-electron chi connectivity index (χ0n) is 16.5. The SMILES string of the molecule is COc1ccc(-n2cc(C(=O)Nc3ccc(OC)nc3)c3ccccc3c2=O)cc1. The Kier molecular flexibility index (Phi) is 5.17. The van der Waals surface area contributed by atoms with Gasteiger partial charge in [0.1, 0.15) is 5.75 Å². The van der Waals surface area contributed by atoms with E-state index in [1.165, 1.54) is 17.9 Å². The van der Waals surface area contributed by atoms with Gasteiger partial charge in [-0.25, -0.2) is 4.98 Å². The first-order valence-electron chi connectivity index (χ1n) is 9.21. The fourth-order valence-corrected chi connectivity index (χ4v) is 3.18. The molecule has 0 radical (unpaired) electrons. The van der Waals surface area contributed by atoms with Gasteiger partial charge >= 0.3 is 0 Å². The highest BCUT2D eigenvalue weighted by Gasteiger charge is 2.16. The quantitative estimate of drug-likeness (QED) is 0.552. The highest BCUT2D eigenvalue weighted by Crippen LogP contribution is 2.21. The number of pyridine rings is 2. The van der Waals surface area contributed by atoms with E-state index >= 15 is 0 Å². The lowest BCUT2D eigenvalue weighted by Gasteiger charge is -2.13. The van der Waals surface area contributed by atoms with Gasteiger partial charge in [0, 0.05) is 28.7 Å². The van der Waals surface area contributed by atoms with Crippen molar-refractivity contribution >= 4 is 22.4 Å². The molecule has 7 nitrogen and oxygen atoms in total. The lowest BCUT2D eigenvalue weighted by atomic mass is 10.1. The van der Waals surface area contributed by atoms with E-state index < -0.39 is 0 Å². The predicted molar refractivity (Wildman–Crippen MR) is 115 cm³/mol. The molecule has 150 valence electrons. The number of hydrogen-bond acceptors (Lipinski definition) is 5. The number of anilines is 1. The van der Waals surface area contributed by atoms with Crippen LogP contribution in [0.2, 0.25) is 0 Å². The highest BCUT2D eigenvalue weighted by molar-refractivity contribution is 6.12. The maximum absolute atomic E-state index is 13.1. The summed E-state index contributed by atoms with van der Waals surface area (Å²) in [6.45, 7) is 0. The van der Waals surface area contributed by atoms with Crippen molar-refractivity contribution in [3.63, 3.8) is 0 Å². The van der Waals surface area contributed by atoms with Crippen LogP contribution in [0, 0.1) is 0 Å². The fraction of sp³-hybridized carbons (Fsp3) is 0.0870. The van der Waals surface area contributed by atoms with Crippen LogP contribution in [0.3, 0.4) is 0 Å². The van der Waals surface area contributed by atoms with Crippen molar-refractivity contribution in [1.82, 2.24) is 9.55 Å². The van der Waals surface area contributed by atoms with Crippen LogP contribution >= 0.6 is 0 Å². The van der Waals surface area contributed by atoms with Crippen molar-refractivity contribution in [2.24, 2.45) is 0 Å². The standard InChI is InChI=1S/C23H19N3O4/c1-29-17-10-8-16(9-11-17)26-14-20(18-5-3-4-6-19(18)23(26)28)22(27)25-15-7-12-21(30-2)24-13-15/h3-14H,1-2H3,(H,25,27). The van der Waals surface area contributed by atoms with E-state index in [9.17, 15) is 9.59 Å². The molecular weight excluding hydrogens is 382 g/mol. The second-order valence-corrected chi connectivity index (χ2v) is 6.50. The molecule has 0 saturated heterocycles. The number of nitrogens with zero attached hydrogens (tertiary/aromatic N) is 2. The third-order valence-electron chi connectivity index (χ3n) is 4.72. The molecule has 2 heterocycles. The Morgan fingerprint density at radius 1 is 0.933 bits per heavy atom. The molecule has 0 aliphatic heterocycles. The smallest absolute Gasteiger partial charge is 0.262 e. The molecule has 0 spiro atoms. The molecule has 0 unspecified atom stereocenters. The Hall–Kier alpha value is -4.13. The van der Waals surface area contributed by atoms with Crippen LogP contribution in [0.15, 0.2) is 77.9 Å². The number of benzene rings is 2. The van der Waals surface area contributed by atoms with Crippen molar-refractivity contribution in [2.75, 3.05) is 19.5 Å². The Morgan fingerprint density at radius 2 is 1.67 bits per heavy atom. The van der Waals surface area contributed by atoms with Crippen molar-refractivity contribution in [3.8, 4) is 17.3 Å². The number of rotatable bonds is 5. The molecule has 1 N–H and O–H groups in total. The first-order valence-corrected chi connectivity index (χ1v) is 9.21. The number of ether oxygens (including phenoxy) is 2. The predicted octanol–water partition coefficient (Wildman–Crippen LogP) is 3.66. The van der Waals surface area contributed by atoms with Crippen LogP contribution in [0.1, 0.15) is 10.4 Å². The molecular formula is C23H19N3O4. The summed E-state index contributed by atoms with van der Waals surface area (Å²) >= 11 is 0. The van der Waals surface area contributed by atoms with E-state index in [-0.39, 0.29) is 11.5 Å². The Balaban J connectivity index is 1.80. The summed E-state index contributed by atoms with van der Waals surface area (Å²) in [5, 5.41) is 3.85. The summed E-state index contributed by atoms with van der Waals surface area (Å²) in [6.07, 6.45) is 3.07. The van der Waals surface area contributed by atoms with Gasteiger partial charge in [0.2, 0.25) is 5.88 Å². The van der Waals surface area contributed by atoms with E-state index in [4.69, 9.17) is 9.47 Å². The van der Waals surface area contributed by atoms with Gasteiger partial charge < -0.3 is 14.8 Å². The van der Waals surface area contributed by atoms with Gasteiger partial charge in [-0.1, -0.05) is 18.2 Å². The fourth-order valence-electron chi connectivity index (χ4n) is 3.18. The monoisotopic (exact) mass is 401 g/mol. The van der Waals surface area contributed by atoms with Gasteiger partial charge in [-0.15, -0.1) is 0 Å². The summed E-state index contributed by atoms with van der Waals surface area (Å²) in [5.74, 6) is 0.782. The lowest BCUT2D eigenvalue weighted by Crippen LogP contribution is -2.22. The number of hydrogen-bond donors (Lipinski definition) is 1. The summed E-state index contributed by atoms with van der Waals surface area (Å²) in [7, 11) is 3.10. The molecule has 0 bridgehead atoms. The first kappa shape index (κ1) is 19.2. The largest absolute Gasteiger partial charge is 0.497 e. The van der Waals surface area contributed by atoms with Gasteiger partial charge in [-0.3, -0.25) is 14.2 Å². The maximum atomic E-state index is 13.1. The normalized spacial score (nSPS) is 10.6. The molecule has 0 atom stereocenters. The number of carbonyl (C=O) groups excluding carboxylic acids is 1. The molecule has 2 aromatic heterocycles. The molecule has 0 aliphatic rings. The summed E-state index contributed by atoms with van der Waals surface area (Å²) in [5.41, 5.74) is 1.31. The molecule has 4 rings (SSSR count). The van der Waals surface area contributed by atoms with Crippen LogP contribution in [0.5, 0.6) is 11.6 Å². The molecule has 4 aromatic rings. The van der Waals surface area contributed by atoms with E-state index in [2.05, 4.69) is 10.3 Å². The van der Waals surface area contributed by atoms with Gasteiger partial charge in [0.15, 0.2) is 0 Å². The number of methoxy groups -OCH3 is 2. The zero-order chi connectivity index (χ0) is 21.1. The summed E-state index contributed by atoms with van der Waals surface area (Å²) in [6, 6.07) is 17.5. The van der Waals surface area contributed by atoms with Gasteiger partial charge in [-0.05, 0) is 36.4 Å². The zero-order valence-corrected chi connectivity index (χ0v) is 16.5. The molecule has 7 heteroatoms. The Bertz CT molecular complexity index is 1260. The van der Waals surface area contributed by atoms with E-state index in [0.717, 1.165) is 0 Å². The number of carbonyl (C=O) groups is 1. The van der Waals surface area contributed by atoms with E-state index in [0.29, 0.717) is 39.3 Å². The molecule has 0 aliphatic carbocycles. The van der Waals surface area contributed by atoms with Crippen molar-refractivity contribution in [1.29, 1.82) is 0 Å². The number of fused-ring (bicyclic) bond motifs is 1. The number of aromatic nitrogens is 2. The van der Waals surface area contributed by atoms with E-state index in [1.54, 1.807) is 74.0 Å². The molecule has 0 saturated carbocycles. The summed E-state index contributed by atoms with van der Waals surface area (Å²) in [4.78, 5) is 30.2. The van der Waals surface area contributed by atoms with Crippen LogP contribution in [-0.2, 0) is 0 Å². The number of amides is 1. The minimum Gasteiger partial charge on any atom is -0.497 e. The Labute approximate surface area is 172 Å². The number of nitrogens with one attached hydrogen (secondary N) is 1. The molecule has 30 heavy (non-hydrogen) atoms. The van der Waals surface area contributed by atoms with Crippen LogP contribution < -0.4 is 20.3 Å². The Morgan fingerprint density at radius 3 is 2.30 bits per heavy atom. The van der Waals surface area contributed by atoms with Gasteiger partial charge in [0.25, 0.3) is 11.5 Å². The molecule has 2 aromatic carbocycles. The van der Waals surface area contributed by atoms with Crippen LogP contribution in [0.25, 0.3) is 16.5 Å². The topological polar surface area (TPSA) is 82.4 Å². The van der Waals surface area contributed by atoms with Crippen LogP contribution in [-0.4, -0.2) is 29.7 Å². The van der Waals surface area contributed by atoms with Gasteiger partial charge in [-0.2, -0.15) is 0 Å². The third-order valence-corrected chi connectivity index (χ3v) is 4.72. The van der Waals surface area contributed by atoms with E-state index in [1.807, 2.05) is 0 Å². The third kappa shape index (κ3) is 3.60. The lowest BCUT2D eigenvalue weighted by molar-refractivity contribution is 0.102. The average molecular weight is 401 g/mol. The second kappa shape index (κ2) is 8.08. The summed E-state index contributed by atoms with van der Waals surface area (Å²) < 4.78 is 11.7. The van der Waals surface area contributed by atoms with Crippen molar-refractivity contribution in [2.45, 2.75) is 0 Å². The minimum atomic E-state index is -0.347. The average Bonchev–Trinajstić information content (AvgIpc) is 2.80. The highest BCUT2D eigenvalue weighted by atomic mass is 16.5. The maximum Gasteiger partial charge on any atom is 0.262 e. The molecule has 0 fully saturated rings. The molecule has 1 amide bonds. The second-order valence-electron chi connectivity index (χ2n) is 6.50. The minimum absolute atomic E-state index is 0.210. The van der Waals surface area contributed by atoms with Crippen molar-refractivity contribution < 1.29 is 14.3 Å². The van der Waals surface area contributed by atoms with Gasteiger partial charge in [0.05, 0.1) is 31.7 Å². The van der Waals surface area contributed by atoms with Crippen LogP contribution in [0.4, 0.5) is 5.69 Å². The van der Waals surface area contributed by atoms with Crippen molar-refractivity contribution in [3.05, 3.63) is 89.0 Å². The first-order chi connectivity index (χ1) is 14.6.